The van der Waals surface area contributed by atoms with E-state index in [9.17, 15) is 10.2 Å². The van der Waals surface area contributed by atoms with Gasteiger partial charge in [0, 0.05) is 39.3 Å². The smallest absolute Gasteiger partial charge is 0.0921 e. The molecule has 0 amide bonds. The van der Waals surface area contributed by atoms with Crippen molar-refractivity contribution in [1.29, 1.82) is 0 Å². The highest BCUT2D eigenvalue weighted by atomic mass is 35.5. The van der Waals surface area contributed by atoms with Crippen molar-refractivity contribution in [2.24, 2.45) is 0 Å². The first-order chi connectivity index (χ1) is 15.2. The van der Waals surface area contributed by atoms with E-state index in [1.54, 1.807) is 24.3 Å². The highest BCUT2D eigenvalue weighted by Crippen LogP contribution is 2.37. The van der Waals surface area contributed by atoms with Crippen LogP contribution in [0, 0.1) is 0 Å². The second-order valence-electron chi connectivity index (χ2n) is 9.00. The molecule has 0 aromatic heterocycles. The van der Waals surface area contributed by atoms with E-state index in [1.807, 2.05) is 12.1 Å². The van der Waals surface area contributed by atoms with E-state index in [2.05, 4.69) is 9.80 Å². The summed E-state index contributed by atoms with van der Waals surface area (Å²) in [6.07, 6.45) is 2.67. The minimum atomic E-state index is -0.855. The molecule has 0 bridgehead atoms. The average molecular weight is 518 g/mol. The predicted molar refractivity (Wildman–Crippen MR) is 132 cm³/mol. The Bertz CT molecular complexity index is 878. The van der Waals surface area contributed by atoms with Crippen LogP contribution >= 0.6 is 46.4 Å². The standard InChI is InChI=1S/C24H28Cl4N2O2/c25-19-3-1-17(15-21(19)27)23(31)5-9-29(10-6-23)13-14-30-11-7-24(32,8-12-30)18-2-4-20(26)22(28)16-18/h1-4,15-16,31-32H,5-14H2. The molecular formula is C24H28Cl4N2O2. The molecule has 2 saturated heterocycles. The van der Waals surface area contributed by atoms with Crippen molar-refractivity contribution in [2.45, 2.75) is 36.9 Å². The first-order valence-corrected chi connectivity index (χ1v) is 12.5. The van der Waals surface area contributed by atoms with Crippen molar-refractivity contribution >= 4 is 46.4 Å². The summed E-state index contributed by atoms with van der Waals surface area (Å²) in [5.74, 6) is 0. The van der Waals surface area contributed by atoms with Gasteiger partial charge in [-0.05, 0) is 61.1 Å². The van der Waals surface area contributed by atoms with Gasteiger partial charge in [-0.2, -0.15) is 0 Å². The molecule has 2 aromatic rings. The first kappa shape index (κ1) is 24.6. The van der Waals surface area contributed by atoms with E-state index < -0.39 is 11.2 Å². The van der Waals surface area contributed by atoms with Crippen LogP contribution in [0.2, 0.25) is 20.1 Å². The van der Waals surface area contributed by atoms with Crippen LogP contribution in [-0.4, -0.2) is 59.3 Å². The number of nitrogens with zero attached hydrogens (tertiary/aromatic N) is 2. The molecule has 0 aliphatic carbocycles. The number of hydrogen-bond donors (Lipinski definition) is 2. The maximum atomic E-state index is 11.1. The summed E-state index contributed by atoms with van der Waals surface area (Å²) >= 11 is 24.3. The number of aliphatic hydroxyl groups is 2. The van der Waals surface area contributed by atoms with Crippen LogP contribution in [0.25, 0.3) is 0 Å². The third-order valence-electron chi connectivity index (χ3n) is 7.01. The maximum Gasteiger partial charge on any atom is 0.0921 e. The number of benzene rings is 2. The van der Waals surface area contributed by atoms with Gasteiger partial charge in [-0.25, -0.2) is 0 Å². The highest BCUT2D eigenvalue weighted by Gasteiger charge is 2.36. The van der Waals surface area contributed by atoms with Crippen molar-refractivity contribution in [1.82, 2.24) is 9.80 Å². The van der Waals surface area contributed by atoms with Crippen LogP contribution in [-0.2, 0) is 11.2 Å². The fourth-order valence-corrected chi connectivity index (χ4v) is 5.32. The lowest BCUT2D eigenvalue weighted by Crippen LogP contribution is -2.48. The quantitative estimate of drug-likeness (QED) is 0.544. The zero-order valence-electron chi connectivity index (χ0n) is 17.8. The van der Waals surface area contributed by atoms with Crippen molar-refractivity contribution in [3.63, 3.8) is 0 Å². The van der Waals surface area contributed by atoms with Gasteiger partial charge in [0.25, 0.3) is 0 Å². The Kier molecular flexibility index (Phi) is 7.65. The van der Waals surface area contributed by atoms with Gasteiger partial charge in [0.05, 0.1) is 31.3 Å². The van der Waals surface area contributed by atoms with Crippen LogP contribution in [0.3, 0.4) is 0 Å². The van der Waals surface area contributed by atoms with E-state index in [1.165, 1.54) is 0 Å². The molecule has 2 aliphatic heterocycles. The second-order valence-corrected chi connectivity index (χ2v) is 10.6. The minimum absolute atomic E-state index is 0.478. The largest absolute Gasteiger partial charge is 0.385 e. The summed E-state index contributed by atoms with van der Waals surface area (Å²) in [6, 6.07) is 10.8. The number of piperidine rings is 2. The zero-order valence-corrected chi connectivity index (χ0v) is 20.9. The number of likely N-dealkylation sites (tertiary alicyclic amines) is 2. The first-order valence-electron chi connectivity index (χ1n) is 11.0. The molecule has 174 valence electrons. The Morgan fingerprint density at radius 1 is 0.594 bits per heavy atom. The molecule has 4 nitrogen and oxygen atoms in total. The summed E-state index contributed by atoms with van der Waals surface area (Å²) in [4.78, 5) is 4.79. The molecular weight excluding hydrogens is 490 g/mol. The Morgan fingerprint density at radius 2 is 0.938 bits per heavy atom. The van der Waals surface area contributed by atoms with E-state index >= 15 is 0 Å². The molecule has 0 saturated carbocycles. The second kappa shape index (κ2) is 9.97. The van der Waals surface area contributed by atoms with Crippen molar-refractivity contribution in [3.8, 4) is 0 Å². The van der Waals surface area contributed by atoms with Gasteiger partial charge in [-0.15, -0.1) is 0 Å². The Hall–Kier alpha value is -0.560. The Balaban J connectivity index is 1.25. The molecule has 2 heterocycles. The monoisotopic (exact) mass is 516 g/mol. The summed E-state index contributed by atoms with van der Waals surface area (Å²) in [6.45, 7) is 5.22. The normalized spacial score (nSPS) is 21.6. The van der Waals surface area contributed by atoms with Gasteiger partial charge >= 0.3 is 0 Å². The Labute approximate surface area is 209 Å². The molecule has 8 heteroatoms. The molecule has 2 aromatic carbocycles. The number of rotatable bonds is 5. The lowest BCUT2D eigenvalue weighted by Gasteiger charge is -2.41. The van der Waals surface area contributed by atoms with Crippen molar-refractivity contribution < 1.29 is 10.2 Å². The van der Waals surface area contributed by atoms with Crippen molar-refractivity contribution in [3.05, 3.63) is 67.6 Å². The topological polar surface area (TPSA) is 46.9 Å². The van der Waals surface area contributed by atoms with Crippen molar-refractivity contribution in [2.75, 3.05) is 39.3 Å². The summed E-state index contributed by atoms with van der Waals surface area (Å²) in [7, 11) is 0. The van der Waals surface area contributed by atoms with Gasteiger partial charge in [0.1, 0.15) is 0 Å². The fraction of sp³-hybridized carbons (Fsp3) is 0.500. The molecule has 2 aliphatic rings. The van der Waals surface area contributed by atoms with Gasteiger partial charge in [0.15, 0.2) is 0 Å². The van der Waals surface area contributed by atoms with E-state index in [0.29, 0.717) is 45.8 Å². The number of hydrogen-bond acceptors (Lipinski definition) is 4. The molecule has 0 atom stereocenters. The van der Waals surface area contributed by atoms with Gasteiger partial charge < -0.3 is 20.0 Å². The van der Waals surface area contributed by atoms with Gasteiger partial charge in [0.2, 0.25) is 0 Å². The fourth-order valence-electron chi connectivity index (χ4n) is 4.72. The summed E-state index contributed by atoms with van der Waals surface area (Å²) in [5.41, 5.74) is -0.0355. The maximum absolute atomic E-state index is 11.1. The third-order valence-corrected chi connectivity index (χ3v) is 8.49. The molecule has 0 unspecified atom stereocenters. The lowest BCUT2D eigenvalue weighted by molar-refractivity contribution is -0.0382. The zero-order chi connectivity index (χ0) is 22.9. The summed E-state index contributed by atoms with van der Waals surface area (Å²) in [5, 5.41) is 24.2. The van der Waals surface area contributed by atoms with Crippen LogP contribution in [0.4, 0.5) is 0 Å². The molecule has 4 rings (SSSR count). The summed E-state index contributed by atoms with van der Waals surface area (Å²) < 4.78 is 0. The van der Waals surface area contributed by atoms with Crippen LogP contribution < -0.4 is 0 Å². The van der Waals surface area contributed by atoms with Gasteiger partial charge in [-0.3, -0.25) is 0 Å². The third kappa shape index (κ3) is 5.39. The van der Waals surface area contributed by atoms with E-state index in [-0.39, 0.29) is 0 Å². The highest BCUT2D eigenvalue weighted by molar-refractivity contribution is 6.42. The molecule has 32 heavy (non-hydrogen) atoms. The van der Waals surface area contributed by atoms with E-state index in [0.717, 1.165) is 50.4 Å². The average Bonchev–Trinajstić information content (AvgIpc) is 2.78. The van der Waals surface area contributed by atoms with Crippen LogP contribution in [0.15, 0.2) is 36.4 Å². The molecule has 2 N–H and O–H groups in total. The van der Waals surface area contributed by atoms with Crippen LogP contribution in [0.5, 0.6) is 0 Å². The van der Waals surface area contributed by atoms with Crippen LogP contribution in [0.1, 0.15) is 36.8 Å². The Morgan fingerprint density at radius 3 is 1.25 bits per heavy atom. The molecule has 0 spiro atoms. The molecule has 0 radical (unpaired) electrons. The minimum Gasteiger partial charge on any atom is -0.385 e. The lowest BCUT2D eigenvalue weighted by atomic mass is 9.84. The van der Waals surface area contributed by atoms with Gasteiger partial charge in [-0.1, -0.05) is 58.5 Å². The predicted octanol–water partition coefficient (Wildman–Crippen LogP) is 5.57. The van der Waals surface area contributed by atoms with E-state index in [4.69, 9.17) is 46.4 Å². The number of halogens is 4. The molecule has 2 fully saturated rings. The SMILES string of the molecule is OC1(c2ccc(Cl)c(Cl)c2)CCN(CCN2CCC(O)(c3ccc(Cl)c(Cl)c3)CC2)CC1.